The molecule has 1 atom stereocenters. The maximum atomic E-state index is 12.8. The van der Waals surface area contributed by atoms with Crippen LogP contribution < -0.4 is 5.32 Å². The molecule has 7 heteroatoms. The number of carboxylic acids is 1. The summed E-state index contributed by atoms with van der Waals surface area (Å²) in [4.78, 5) is 38.1. The van der Waals surface area contributed by atoms with Crippen LogP contribution in [0, 0.1) is 5.92 Å². The van der Waals surface area contributed by atoms with Gasteiger partial charge < -0.3 is 20.1 Å². The van der Waals surface area contributed by atoms with Gasteiger partial charge in [-0.25, -0.2) is 4.79 Å². The molecule has 0 saturated heterocycles. The molecule has 0 aromatic heterocycles. The molecule has 0 spiro atoms. The molecule has 32 heavy (non-hydrogen) atoms. The summed E-state index contributed by atoms with van der Waals surface area (Å²) < 4.78 is 5.48. The van der Waals surface area contributed by atoms with Crippen LogP contribution in [0.15, 0.2) is 48.5 Å². The number of amides is 2. The molecule has 7 nitrogen and oxygen atoms in total. The number of nitrogens with zero attached hydrogens (tertiary/aromatic N) is 1. The first-order valence-electron chi connectivity index (χ1n) is 11.0. The molecular formula is C25H28N2O5. The van der Waals surface area contributed by atoms with Crippen molar-refractivity contribution in [3.63, 3.8) is 0 Å². The van der Waals surface area contributed by atoms with Gasteiger partial charge in [-0.1, -0.05) is 55.0 Å². The Morgan fingerprint density at radius 3 is 2.19 bits per heavy atom. The van der Waals surface area contributed by atoms with Gasteiger partial charge in [0.15, 0.2) is 0 Å². The first-order chi connectivity index (χ1) is 15.4. The van der Waals surface area contributed by atoms with E-state index in [0.717, 1.165) is 41.5 Å². The second-order valence-corrected chi connectivity index (χ2v) is 8.64. The third-order valence-electron chi connectivity index (χ3n) is 6.45. The number of rotatable bonds is 8. The van der Waals surface area contributed by atoms with Crippen LogP contribution >= 0.6 is 0 Å². The quantitative estimate of drug-likeness (QED) is 0.659. The molecule has 0 bridgehead atoms. The van der Waals surface area contributed by atoms with E-state index in [0.29, 0.717) is 12.5 Å². The molecule has 2 aliphatic carbocycles. The fraction of sp³-hybridized carbons (Fsp3) is 0.400. The maximum absolute atomic E-state index is 12.8. The average molecular weight is 437 g/mol. The highest BCUT2D eigenvalue weighted by Crippen LogP contribution is 2.44. The standard InChI is InChI=1S/C25H28N2O5/c1-27(14-16-7-6-8-16)24(30)22(13-23(28)29)26-25(31)32-15-21-19-11-4-2-9-17(19)18-10-3-5-12-20(18)21/h2-5,9-12,16,21-22H,6-8,13-15H2,1H3,(H,26,31)(H,28,29). The summed E-state index contributed by atoms with van der Waals surface area (Å²) in [5.74, 6) is -1.22. The highest BCUT2D eigenvalue weighted by Gasteiger charge is 2.32. The van der Waals surface area contributed by atoms with Crippen LogP contribution in [0.1, 0.15) is 42.7 Å². The zero-order chi connectivity index (χ0) is 22.7. The summed E-state index contributed by atoms with van der Waals surface area (Å²) in [5, 5.41) is 11.7. The normalized spacial score (nSPS) is 15.8. The Balaban J connectivity index is 1.40. The van der Waals surface area contributed by atoms with E-state index in [1.807, 2.05) is 48.5 Å². The number of hydrogen-bond acceptors (Lipinski definition) is 4. The van der Waals surface area contributed by atoms with Gasteiger partial charge in [0.1, 0.15) is 12.6 Å². The Morgan fingerprint density at radius 2 is 1.66 bits per heavy atom. The molecule has 1 unspecified atom stereocenters. The predicted molar refractivity (Wildman–Crippen MR) is 119 cm³/mol. The van der Waals surface area contributed by atoms with Crippen molar-refractivity contribution in [2.75, 3.05) is 20.2 Å². The van der Waals surface area contributed by atoms with Crippen LogP contribution in [0.3, 0.4) is 0 Å². The van der Waals surface area contributed by atoms with Crippen LogP contribution in [0.25, 0.3) is 11.1 Å². The number of nitrogens with one attached hydrogen (secondary N) is 1. The minimum atomic E-state index is -1.16. The lowest BCUT2D eigenvalue weighted by molar-refractivity contribution is -0.142. The number of hydrogen-bond donors (Lipinski definition) is 2. The molecule has 2 N–H and O–H groups in total. The van der Waals surface area contributed by atoms with Crippen molar-refractivity contribution in [2.24, 2.45) is 5.92 Å². The summed E-state index contributed by atoms with van der Waals surface area (Å²) in [7, 11) is 1.65. The summed E-state index contributed by atoms with van der Waals surface area (Å²) in [6, 6.07) is 14.9. The van der Waals surface area contributed by atoms with Crippen molar-refractivity contribution >= 4 is 18.0 Å². The Hall–Kier alpha value is -3.35. The molecule has 2 aliphatic rings. The number of carboxylic acid groups (broad SMARTS) is 1. The number of likely N-dealkylation sites (N-methyl/N-ethyl adjacent to an activating group) is 1. The number of aliphatic carboxylic acids is 1. The smallest absolute Gasteiger partial charge is 0.407 e. The Morgan fingerprint density at radius 1 is 1.06 bits per heavy atom. The summed E-state index contributed by atoms with van der Waals surface area (Å²) in [5.41, 5.74) is 4.40. The van der Waals surface area contributed by atoms with Crippen molar-refractivity contribution in [2.45, 2.75) is 37.6 Å². The van der Waals surface area contributed by atoms with E-state index in [1.54, 1.807) is 7.05 Å². The SMILES string of the molecule is CN(CC1CCC1)C(=O)C(CC(=O)O)NC(=O)OCC1c2ccccc2-c2ccccc21. The fourth-order valence-corrected chi connectivity index (χ4v) is 4.58. The summed E-state index contributed by atoms with van der Waals surface area (Å²) in [6.45, 7) is 0.674. The molecule has 168 valence electrons. The maximum Gasteiger partial charge on any atom is 0.407 e. The van der Waals surface area contributed by atoms with Gasteiger partial charge in [-0.05, 0) is 41.0 Å². The van der Waals surface area contributed by atoms with Gasteiger partial charge in [0.05, 0.1) is 6.42 Å². The molecule has 0 heterocycles. The number of benzene rings is 2. The van der Waals surface area contributed by atoms with Crippen molar-refractivity contribution in [3.8, 4) is 11.1 Å². The minimum Gasteiger partial charge on any atom is -0.481 e. The Labute approximate surface area is 187 Å². The molecule has 2 aromatic carbocycles. The second kappa shape index (κ2) is 9.42. The van der Waals surface area contributed by atoms with E-state index in [4.69, 9.17) is 4.74 Å². The first-order valence-corrected chi connectivity index (χ1v) is 11.0. The fourth-order valence-electron chi connectivity index (χ4n) is 4.58. The van der Waals surface area contributed by atoms with Crippen molar-refractivity contribution in [1.82, 2.24) is 10.2 Å². The average Bonchev–Trinajstić information content (AvgIpc) is 3.07. The number of carbonyl (C=O) groups excluding carboxylic acids is 2. The van der Waals surface area contributed by atoms with Crippen molar-refractivity contribution in [1.29, 1.82) is 0 Å². The lowest BCUT2D eigenvalue weighted by Gasteiger charge is -2.31. The highest BCUT2D eigenvalue weighted by atomic mass is 16.5. The Bertz CT molecular complexity index is 971. The van der Waals surface area contributed by atoms with Crippen molar-refractivity contribution in [3.05, 3.63) is 59.7 Å². The number of fused-ring (bicyclic) bond motifs is 3. The van der Waals surface area contributed by atoms with Gasteiger partial charge in [-0.3, -0.25) is 9.59 Å². The summed E-state index contributed by atoms with van der Waals surface area (Å²) >= 11 is 0. The largest absolute Gasteiger partial charge is 0.481 e. The van der Waals surface area contributed by atoms with Gasteiger partial charge in [0.25, 0.3) is 0 Å². The van der Waals surface area contributed by atoms with E-state index in [2.05, 4.69) is 5.32 Å². The van der Waals surface area contributed by atoms with Crippen LogP contribution in [-0.2, 0) is 14.3 Å². The molecule has 2 aromatic rings. The van der Waals surface area contributed by atoms with Gasteiger partial charge in [-0.2, -0.15) is 0 Å². The van der Waals surface area contributed by atoms with Crippen LogP contribution in [0.4, 0.5) is 4.79 Å². The van der Waals surface area contributed by atoms with Gasteiger partial charge in [0, 0.05) is 19.5 Å². The second-order valence-electron chi connectivity index (χ2n) is 8.64. The van der Waals surface area contributed by atoms with E-state index in [9.17, 15) is 19.5 Å². The van der Waals surface area contributed by atoms with Crippen LogP contribution in [-0.4, -0.2) is 54.2 Å². The van der Waals surface area contributed by atoms with E-state index < -0.39 is 30.4 Å². The Kier molecular flexibility index (Phi) is 6.44. The predicted octanol–water partition coefficient (Wildman–Crippen LogP) is 3.63. The molecule has 1 fully saturated rings. The van der Waals surface area contributed by atoms with E-state index in [-0.39, 0.29) is 12.5 Å². The molecular weight excluding hydrogens is 408 g/mol. The highest BCUT2D eigenvalue weighted by molar-refractivity contribution is 5.89. The molecule has 2 amide bonds. The third kappa shape index (κ3) is 4.61. The number of alkyl carbamates (subject to hydrolysis) is 1. The lowest BCUT2D eigenvalue weighted by Crippen LogP contribution is -2.50. The van der Waals surface area contributed by atoms with Gasteiger partial charge in [0.2, 0.25) is 5.91 Å². The van der Waals surface area contributed by atoms with Crippen LogP contribution in [0.5, 0.6) is 0 Å². The molecule has 4 rings (SSSR count). The monoisotopic (exact) mass is 436 g/mol. The van der Waals surface area contributed by atoms with Crippen LogP contribution in [0.2, 0.25) is 0 Å². The number of carbonyl (C=O) groups is 3. The minimum absolute atomic E-state index is 0.103. The first kappa shape index (κ1) is 21.9. The molecule has 1 saturated carbocycles. The third-order valence-corrected chi connectivity index (χ3v) is 6.45. The zero-order valence-electron chi connectivity index (χ0n) is 18.1. The zero-order valence-corrected chi connectivity index (χ0v) is 18.1. The van der Waals surface area contributed by atoms with E-state index in [1.165, 1.54) is 4.90 Å². The topological polar surface area (TPSA) is 95.9 Å². The molecule has 0 aliphatic heterocycles. The van der Waals surface area contributed by atoms with Gasteiger partial charge in [-0.15, -0.1) is 0 Å². The van der Waals surface area contributed by atoms with Crippen molar-refractivity contribution < 1.29 is 24.2 Å². The van der Waals surface area contributed by atoms with Gasteiger partial charge >= 0.3 is 12.1 Å². The molecule has 0 radical (unpaired) electrons. The summed E-state index contributed by atoms with van der Waals surface area (Å²) in [6.07, 6.45) is 2.02. The van der Waals surface area contributed by atoms with E-state index >= 15 is 0 Å². The number of ether oxygens (including phenoxy) is 1. The lowest BCUT2D eigenvalue weighted by atomic mass is 9.85.